The predicted octanol–water partition coefficient (Wildman–Crippen LogP) is 3.50. The molecular formula is C19H17BrF3N5O3. The highest BCUT2D eigenvalue weighted by molar-refractivity contribution is 9.10. The van der Waals surface area contributed by atoms with Gasteiger partial charge in [0.1, 0.15) is 18.2 Å². The molecule has 2 aromatic heterocycles. The maximum absolute atomic E-state index is 12.8. The van der Waals surface area contributed by atoms with Gasteiger partial charge in [0.25, 0.3) is 0 Å². The monoisotopic (exact) mass is 499 g/mol. The van der Waals surface area contributed by atoms with Gasteiger partial charge >= 0.3 is 18.1 Å². The van der Waals surface area contributed by atoms with Crippen molar-refractivity contribution in [3.8, 4) is 0 Å². The second-order valence-electron chi connectivity index (χ2n) is 6.53. The molecule has 164 valence electrons. The van der Waals surface area contributed by atoms with Crippen LogP contribution in [0.3, 0.4) is 0 Å². The molecule has 0 saturated heterocycles. The Morgan fingerprint density at radius 3 is 2.48 bits per heavy atom. The number of carbonyl (C=O) groups is 2. The van der Waals surface area contributed by atoms with Crippen molar-refractivity contribution in [1.82, 2.24) is 14.6 Å². The quantitative estimate of drug-likeness (QED) is 0.459. The van der Waals surface area contributed by atoms with E-state index < -0.39 is 24.1 Å². The Balaban J connectivity index is 2.03. The number of fused-ring (bicyclic) bond motifs is 1. The van der Waals surface area contributed by atoms with Crippen LogP contribution < -0.4 is 10.7 Å². The molecule has 1 amide bonds. The SMILES string of the molecule is CCc1c(Br)c2c(N[C@H](Cc3ccccc3)C(=O)O)ncnc2n1NC(=O)C(F)(F)F. The maximum atomic E-state index is 12.8. The van der Waals surface area contributed by atoms with Crippen molar-refractivity contribution in [2.45, 2.75) is 32.0 Å². The van der Waals surface area contributed by atoms with Gasteiger partial charge in [-0.25, -0.2) is 19.4 Å². The lowest BCUT2D eigenvalue weighted by molar-refractivity contribution is -0.168. The van der Waals surface area contributed by atoms with Crippen LogP contribution in [0.1, 0.15) is 18.2 Å². The van der Waals surface area contributed by atoms with E-state index >= 15 is 0 Å². The van der Waals surface area contributed by atoms with E-state index in [2.05, 4.69) is 31.2 Å². The molecule has 1 aromatic carbocycles. The van der Waals surface area contributed by atoms with E-state index in [9.17, 15) is 27.9 Å². The Morgan fingerprint density at radius 1 is 1.23 bits per heavy atom. The molecule has 0 fully saturated rings. The summed E-state index contributed by atoms with van der Waals surface area (Å²) < 4.78 is 39.6. The zero-order valence-electron chi connectivity index (χ0n) is 16.1. The van der Waals surface area contributed by atoms with Crippen molar-refractivity contribution in [1.29, 1.82) is 0 Å². The molecule has 12 heteroatoms. The molecule has 8 nitrogen and oxygen atoms in total. The standard InChI is InChI=1S/C19H17BrF3N5O3/c1-2-12-14(20)13-15(26-11(17(29)30)8-10-6-4-3-5-7-10)24-9-25-16(13)28(12)27-18(31)19(21,22)23/h3-7,9,11H,2,8H2,1H3,(H,27,31)(H,29,30)(H,24,25,26)/t11-/m1/s1. The number of aliphatic carboxylic acids is 1. The molecule has 0 aliphatic heterocycles. The molecule has 0 spiro atoms. The Hall–Kier alpha value is -3.15. The minimum absolute atomic E-state index is 0.0114. The summed E-state index contributed by atoms with van der Waals surface area (Å²) in [6.45, 7) is 1.69. The molecule has 3 rings (SSSR count). The third-order valence-corrected chi connectivity index (χ3v) is 5.33. The van der Waals surface area contributed by atoms with Crippen molar-refractivity contribution in [3.63, 3.8) is 0 Å². The van der Waals surface area contributed by atoms with Crippen LogP contribution in [0.4, 0.5) is 19.0 Å². The van der Waals surface area contributed by atoms with E-state index in [-0.39, 0.29) is 29.7 Å². The van der Waals surface area contributed by atoms with Crippen LogP contribution >= 0.6 is 15.9 Å². The number of amides is 1. The number of carboxylic acids is 1. The first-order valence-corrected chi connectivity index (χ1v) is 9.88. The fourth-order valence-electron chi connectivity index (χ4n) is 3.04. The second kappa shape index (κ2) is 8.92. The first kappa shape index (κ1) is 22.5. The van der Waals surface area contributed by atoms with Crippen molar-refractivity contribution in [2.75, 3.05) is 10.7 Å². The van der Waals surface area contributed by atoms with Crippen LogP contribution in [0.25, 0.3) is 11.0 Å². The van der Waals surface area contributed by atoms with Crippen LogP contribution in [-0.4, -0.2) is 43.8 Å². The molecular weight excluding hydrogens is 483 g/mol. The molecule has 3 aromatic rings. The normalized spacial score (nSPS) is 12.5. The molecule has 31 heavy (non-hydrogen) atoms. The molecule has 1 atom stereocenters. The minimum atomic E-state index is -5.09. The lowest BCUT2D eigenvalue weighted by atomic mass is 10.1. The van der Waals surface area contributed by atoms with Crippen molar-refractivity contribution >= 4 is 44.7 Å². The van der Waals surface area contributed by atoms with E-state index in [1.165, 1.54) is 0 Å². The Labute approximate surface area is 182 Å². The van der Waals surface area contributed by atoms with Gasteiger partial charge < -0.3 is 10.4 Å². The summed E-state index contributed by atoms with van der Waals surface area (Å²) >= 11 is 3.33. The summed E-state index contributed by atoms with van der Waals surface area (Å²) in [6, 6.07) is 7.87. The number of nitrogens with one attached hydrogen (secondary N) is 2. The van der Waals surface area contributed by atoms with Gasteiger partial charge in [0, 0.05) is 6.42 Å². The number of benzene rings is 1. The van der Waals surface area contributed by atoms with Crippen LogP contribution in [0.2, 0.25) is 0 Å². The van der Waals surface area contributed by atoms with Crippen molar-refractivity contribution in [2.24, 2.45) is 0 Å². The third-order valence-electron chi connectivity index (χ3n) is 4.48. The number of carboxylic acid groups (broad SMARTS) is 1. The van der Waals surface area contributed by atoms with Gasteiger partial charge in [0.15, 0.2) is 5.65 Å². The molecule has 0 saturated carbocycles. The molecule has 2 heterocycles. The zero-order chi connectivity index (χ0) is 22.8. The number of carbonyl (C=O) groups excluding carboxylic acids is 1. The average molecular weight is 500 g/mol. The largest absolute Gasteiger partial charge is 0.480 e. The average Bonchev–Trinajstić information content (AvgIpc) is 2.99. The van der Waals surface area contributed by atoms with E-state index in [0.717, 1.165) is 16.6 Å². The number of alkyl halides is 3. The highest BCUT2D eigenvalue weighted by atomic mass is 79.9. The summed E-state index contributed by atoms with van der Waals surface area (Å²) in [5, 5.41) is 12.7. The van der Waals surface area contributed by atoms with Crippen molar-refractivity contribution in [3.05, 3.63) is 52.4 Å². The van der Waals surface area contributed by atoms with Gasteiger partial charge in [-0.3, -0.25) is 10.2 Å². The highest BCUT2D eigenvalue weighted by Crippen LogP contribution is 2.34. The Bertz CT molecular complexity index is 1120. The minimum Gasteiger partial charge on any atom is -0.480 e. The first-order valence-electron chi connectivity index (χ1n) is 9.08. The molecule has 0 unspecified atom stereocenters. The summed E-state index contributed by atoms with van der Waals surface area (Å²) in [6.07, 6.45) is -3.62. The van der Waals surface area contributed by atoms with Gasteiger partial charge in [-0.2, -0.15) is 13.2 Å². The highest BCUT2D eigenvalue weighted by Gasteiger charge is 2.40. The molecule has 0 aliphatic carbocycles. The lowest BCUT2D eigenvalue weighted by Gasteiger charge is -2.16. The number of aromatic nitrogens is 3. The zero-order valence-corrected chi connectivity index (χ0v) is 17.7. The summed E-state index contributed by atoms with van der Waals surface area (Å²) in [7, 11) is 0. The van der Waals surface area contributed by atoms with Crippen LogP contribution in [-0.2, 0) is 22.4 Å². The fourth-order valence-corrected chi connectivity index (χ4v) is 3.86. The van der Waals surface area contributed by atoms with Crippen molar-refractivity contribution < 1.29 is 27.9 Å². The predicted molar refractivity (Wildman–Crippen MR) is 110 cm³/mol. The topological polar surface area (TPSA) is 109 Å². The smallest absolute Gasteiger partial charge is 0.472 e. The second-order valence-corrected chi connectivity index (χ2v) is 7.33. The van der Waals surface area contributed by atoms with E-state index in [1.807, 2.05) is 6.07 Å². The van der Waals surface area contributed by atoms with Gasteiger partial charge in [-0.15, -0.1) is 0 Å². The van der Waals surface area contributed by atoms with E-state index in [4.69, 9.17) is 0 Å². The first-order chi connectivity index (χ1) is 14.6. The van der Waals surface area contributed by atoms with E-state index in [1.54, 1.807) is 36.6 Å². The number of anilines is 1. The summed E-state index contributed by atoms with van der Waals surface area (Å²) in [5.74, 6) is -3.19. The lowest BCUT2D eigenvalue weighted by Crippen LogP contribution is -2.36. The summed E-state index contributed by atoms with van der Waals surface area (Å²) in [4.78, 5) is 31.4. The molecule has 0 bridgehead atoms. The number of rotatable bonds is 7. The molecule has 0 aliphatic rings. The molecule has 0 radical (unpaired) electrons. The number of nitrogens with zero attached hydrogens (tertiary/aromatic N) is 3. The van der Waals surface area contributed by atoms with Gasteiger partial charge in [-0.05, 0) is 27.9 Å². The third kappa shape index (κ3) is 4.79. The molecule has 3 N–H and O–H groups in total. The summed E-state index contributed by atoms with van der Waals surface area (Å²) in [5.41, 5.74) is 2.87. The van der Waals surface area contributed by atoms with Crippen LogP contribution in [0, 0.1) is 0 Å². The Morgan fingerprint density at radius 2 is 1.90 bits per heavy atom. The van der Waals surface area contributed by atoms with E-state index in [0.29, 0.717) is 10.2 Å². The number of halogens is 4. The van der Waals surface area contributed by atoms with Crippen LogP contribution in [0.15, 0.2) is 41.1 Å². The van der Waals surface area contributed by atoms with Gasteiger partial charge in [-0.1, -0.05) is 37.3 Å². The Kier molecular flexibility index (Phi) is 6.48. The number of hydrogen-bond acceptors (Lipinski definition) is 5. The fraction of sp³-hybridized carbons (Fsp3) is 0.263. The number of hydrogen-bond donors (Lipinski definition) is 3. The van der Waals surface area contributed by atoms with Gasteiger partial charge in [0.05, 0.1) is 15.6 Å². The van der Waals surface area contributed by atoms with Gasteiger partial charge in [0.2, 0.25) is 0 Å². The van der Waals surface area contributed by atoms with Crippen LogP contribution in [0.5, 0.6) is 0 Å². The maximum Gasteiger partial charge on any atom is 0.472 e.